The molecule has 0 saturated carbocycles. The van der Waals surface area contributed by atoms with Crippen molar-refractivity contribution >= 4 is 40.0 Å². The van der Waals surface area contributed by atoms with Gasteiger partial charge >= 0.3 is 6.09 Å². The first-order chi connectivity index (χ1) is 18.1. The monoisotopic (exact) mass is 535 g/mol. The molecule has 0 spiro atoms. The summed E-state index contributed by atoms with van der Waals surface area (Å²) in [6, 6.07) is 8.75. The van der Waals surface area contributed by atoms with Gasteiger partial charge in [0.25, 0.3) is 5.91 Å². The van der Waals surface area contributed by atoms with Crippen LogP contribution in [0.3, 0.4) is 0 Å². The predicted molar refractivity (Wildman–Crippen MR) is 143 cm³/mol. The molecule has 0 aromatic carbocycles. The van der Waals surface area contributed by atoms with Crippen molar-refractivity contribution < 1.29 is 19.1 Å². The van der Waals surface area contributed by atoms with Crippen LogP contribution in [0.4, 0.5) is 21.3 Å². The number of hydrogen-bond donors (Lipinski definition) is 2. The van der Waals surface area contributed by atoms with Crippen LogP contribution in [0.5, 0.6) is 5.88 Å². The minimum Gasteiger partial charge on any atom is -0.474 e. The Morgan fingerprint density at radius 3 is 2.50 bits per heavy atom. The van der Waals surface area contributed by atoms with Gasteiger partial charge in [0.15, 0.2) is 0 Å². The van der Waals surface area contributed by atoms with Crippen LogP contribution in [0.25, 0.3) is 0 Å². The summed E-state index contributed by atoms with van der Waals surface area (Å²) in [5.74, 6) is 0.612. The van der Waals surface area contributed by atoms with Gasteiger partial charge in [-0.2, -0.15) is 9.64 Å². The number of nitriles is 1. The Labute approximate surface area is 225 Å². The third-order valence-corrected chi connectivity index (χ3v) is 6.45. The van der Waals surface area contributed by atoms with E-state index < -0.39 is 5.60 Å². The van der Waals surface area contributed by atoms with Crippen molar-refractivity contribution in [2.75, 3.05) is 23.7 Å². The first-order valence-corrected chi connectivity index (χ1v) is 12.9. The van der Waals surface area contributed by atoms with Crippen LogP contribution >= 0.6 is 11.5 Å². The zero-order chi connectivity index (χ0) is 27.3. The van der Waals surface area contributed by atoms with Crippen LogP contribution in [-0.2, 0) is 4.74 Å². The smallest absolute Gasteiger partial charge is 0.410 e. The minimum atomic E-state index is -0.523. The number of likely N-dealkylation sites (tertiary alicyclic amines) is 1. The summed E-state index contributed by atoms with van der Waals surface area (Å²) < 4.78 is 15.7. The van der Waals surface area contributed by atoms with Crippen molar-refractivity contribution in [3.63, 3.8) is 0 Å². The number of aryl methyl sites for hydroxylation is 1. The largest absolute Gasteiger partial charge is 0.474 e. The number of piperidine rings is 1. The molecule has 3 aromatic rings. The Balaban J connectivity index is 1.31. The molecule has 3 aromatic heterocycles. The molecule has 198 valence electrons. The van der Waals surface area contributed by atoms with Crippen molar-refractivity contribution in [3.8, 4) is 11.9 Å². The van der Waals surface area contributed by atoms with E-state index in [1.807, 2.05) is 26.8 Å². The zero-order valence-electron chi connectivity index (χ0n) is 21.6. The van der Waals surface area contributed by atoms with Gasteiger partial charge < -0.3 is 25.0 Å². The summed E-state index contributed by atoms with van der Waals surface area (Å²) in [6.07, 6.45) is 3.97. The van der Waals surface area contributed by atoms with Gasteiger partial charge in [-0.05, 0) is 57.4 Å². The van der Waals surface area contributed by atoms with E-state index in [0.717, 1.165) is 11.5 Å². The van der Waals surface area contributed by atoms with Gasteiger partial charge in [0.1, 0.15) is 28.6 Å². The van der Waals surface area contributed by atoms with Gasteiger partial charge in [0.2, 0.25) is 5.88 Å². The summed E-state index contributed by atoms with van der Waals surface area (Å²) in [5, 5.41) is 15.4. The lowest BCUT2D eigenvalue weighted by Crippen LogP contribution is -2.44. The second-order valence-corrected chi connectivity index (χ2v) is 10.5. The number of rotatable bonds is 6. The quantitative estimate of drug-likeness (QED) is 0.451. The highest BCUT2D eigenvalue weighted by atomic mass is 32.1. The Kier molecular flexibility index (Phi) is 8.07. The van der Waals surface area contributed by atoms with Gasteiger partial charge in [-0.15, -0.1) is 0 Å². The number of hydrogen-bond acceptors (Lipinski definition) is 10. The Hall–Kier alpha value is -4.24. The standard InChI is InChI=1S/C26H29N7O4S/c1-16-22(24(38-32-16)31-20-7-5-17(13-27)14-28-20)23(34)30-18-6-8-21(29-15-18)36-19-9-11-33(12-10-19)25(35)37-26(2,3)4/h5-8,14-15,19H,9-12H2,1-4H3,(H,28,31)(H,30,34). The van der Waals surface area contributed by atoms with Gasteiger partial charge in [0, 0.05) is 38.2 Å². The molecule has 0 atom stereocenters. The number of aromatic nitrogens is 3. The number of ether oxygens (including phenoxy) is 2. The van der Waals surface area contributed by atoms with Gasteiger partial charge in [-0.3, -0.25) is 4.79 Å². The Bertz CT molecular complexity index is 1320. The van der Waals surface area contributed by atoms with Crippen molar-refractivity contribution in [1.82, 2.24) is 19.2 Å². The second-order valence-electron chi connectivity index (χ2n) is 9.76. The van der Waals surface area contributed by atoms with E-state index >= 15 is 0 Å². The molecule has 2 N–H and O–H groups in total. The first-order valence-electron chi connectivity index (χ1n) is 12.1. The summed E-state index contributed by atoms with van der Waals surface area (Å²) in [4.78, 5) is 35.5. The average Bonchev–Trinajstić information content (AvgIpc) is 3.25. The molecule has 0 aliphatic carbocycles. The topological polar surface area (TPSA) is 142 Å². The molecular weight excluding hydrogens is 506 g/mol. The third kappa shape index (κ3) is 6.95. The molecule has 1 fully saturated rings. The van der Waals surface area contributed by atoms with E-state index in [9.17, 15) is 9.59 Å². The highest BCUT2D eigenvalue weighted by Gasteiger charge is 2.28. The van der Waals surface area contributed by atoms with E-state index in [1.165, 1.54) is 12.4 Å². The van der Waals surface area contributed by atoms with Crippen LogP contribution in [0.15, 0.2) is 36.7 Å². The van der Waals surface area contributed by atoms with Crippen LogP contribution in [0.2, 0.25) is 0 Å². The summed E-state index contributed by atoms with van der Waals surface area (Å²) in [7, 11) is 0. The summed E-state index contributed by atoms with van der Waals surface area (Å²) >= 11 is 1.15. The maximum Gasteiger partial charge on any atom is 0.410 e. The molecule has 1 aliphatic heterocycles. The fraction of sp³-hybridized carbons (Fsp3) is 0.385. The SMILES string of the molecule is Cc1nsc(Nc2ccc(C#N)cn2)c1C(=O)Nc1ccc(OC2CCN(C(=O)OC(C)(C)C)CC2)nc1. The van der Waals surface area contributed by atoms with Crippen molar-refractivity contribution in [2.45, 2.75) is 52.2 Å². The third-order valence-electron chi connectivity index (χ3n) is 5.60. The molecule has 0 unspecified atom stereocenters. The van der Waals surface area contributed by atoms with E-state index in [-0.39, 0.29) is 18.1 Å². The molecule has 2 amide bonds. The number of carbonyl (C=O) groups excluding carboxylic acids is 2. The number of pyridine rings is 2. The molecule has 4 rings (SSSR count). The van der Waals surface area contributed by atoms with E-state index in [1.54, 1.807) is 36.1 Å². The van der Waals surface area contributed by atoms with Gasteiger partial charge in [0.05, 0.1) is 28.7 Å². The van der Waals surface area contributed by atoms with Gasteiger partial charge in [-0.25, -0.2) is 14.8 Å². The molecule has 12 heteroatoms. The van der Waals surface area contributed by atoms with Crippen LogP contribution in [0, 0.1) is 18.3 Å². The fourth-order valence-electron chi connectivity index (χ4n) is 3.74. The van der Waals surface area contributed by atoms with Crippen LogP contribution in [0.1, 0.15) is 55.2 Å². The van der Waals surface area contributed by atoms with Gasteiger partial charge in [-0.1, -0.05) is 0 Å². The predicted octanol–water partition coefficient (Wildman–Crippen LogP) is 4.89. The molecule has 0 radical (unpaired) electrons. The number of carbonyl (C=O) groups is 2. The number of amides is 2. The molecule has 1 aliphatic rings. The van der Waals surface area contributed by atoms with E-state index in [4.69, 9.17) is 14.7 Å². The first kappa shape index (κ1) is 26.8. The highest BCUT2D eigenvalue weighted by Crippen LogP contribution is 2.28. The van der Waals surface area contributed by atoms with Crippen molar-refractivity contribution in [2.24, 2.45) is 0 Å². The molecule has 4 heterocycles. The van der Waals surface area contributed by atoms with Crippen LogP contribution < -0.4 is 15.4 Å². The highest BCUT2D eigenvalue weighted by molar-refractivity contribution is 7.10. The summed E-state index contributed by atoms with van der Waals surface area (Å²) in [5.41, 5.74) is 1.41. The van der Waals surface area contributed by atoms with E-state index in [2.05, 4.69) is 25.0 Å². The molecule has 11 nitrogen and oxygen atoms in total. The Morgan fingerprint density at radius 2 is 1.89 bits per heavy atom. The maximum atomic E-state index is 13.0. The molecule has 1 saturated heterocycles. The number of anilines is 3. The lowest BCUT2D eigenvalue weighted by Gasteiger charge is -2.33. The fourth-order valence-corrected chi connectivity index (χ4v) is 4.55. The van der Waals surface area contributed by atoms with Crippen LogP contribution in [-0.4, -0.2) is 56.0 Å². The number of nitrogens with one attached hydrogen (secondary N) is 2. The summed E-state index contributed by atoms with van der Waals surface area (Å²) in [6.45, 7) is 8.41. The van der Waals surface area contributed by atoms with Crippen molar-refractivity contribution in [1.29, 1.82) is 5.26 Å². The average molecular weight is 536 g/mol. The number of nitrogens with zero attached hydrogens (tertiary/aromatic N) is 5. The minimum absolute atomic E-state index is 0.0642. The second kappa shape index (κ2) is 11.4. The molecule has 38 heavy (non-hydrogen) atoms. The molecular formula is C26H29N7O4S. The van der Waals surface area contributed by atoms with Crippen molar-refractivity contribution in [3.05, 3.63) is 53.5 Å². The lowest BCUT2D eigenvalue weighted by atomic mass is 10.1. The van der Waals surface area contributed by atoms with E-state index in [0.29, 0.717) is 65.1 Å². The Morgan fingerprint density at radius 1 is 1.13 bits per heavy atom. The lowest BCUT2D eigenvalue weighted by molar-refractivity contribution is 0.0123. The normalized spacial score (nSPS) is 13.9. The maximum absolute atomic E-state index is 13.0. The molecule has 0 bridgehead atoms. The zero-order valence-corrected chi connectivity index (χ0v) is 22.5.